The van der Waals surface area contributed by atoms with E-state index in [1.165, 1.54) is 44.1 Å². The highest BCUT2D eigenvalue weighted by molar-refractivity contribution is 9.10. The summed E-state index contributed by atoms with van der Waals surface area (Å²) < 4.78 is 1.12. The molecule has 0 saturated heterocycles. The number of aromatic nitrogens is 1. The van der Waals surface area contributed by atoms with Crippen LogP contribution in [0, 0.1) is 0 Å². The molecule has 0 atom stereocenters. The standard InChI is InChI=1S/C19H12BrN/c20-15-7-3-6-14-18-16(21-19(14)15)9-8-12-10-11-4-1-2-5-13(11)17(12)18/h1-9,21H,10H2. The summed E-state index contributed by atoms with van der Waals surface area (Å²) in [6.45, 7) is 0. The monoisotopic (exact) mass is 333 g/mol. The molecule has 0 aliphatic heterocycles. The van der Waals surface area contributed by atoms with Crippen LogP contribution in [0.3, 0.4) is 0 Å². The molecule has 0 amide bonds. The van der Waals surface area contributed by atoms with Gasteiger partial charge in [0.1, 0.15) is 0 Å². The lowest BCUT2D eigenvalue weighted by atomic mass is 9.99. The maximum atomic E-state index is 3.66. The van der Waals surface area contributed by atoms with E-state index >= 15 is 0 Å². The predicted octanol–water partition coefficient (Wildman–Crippen LogP) is 5.65. The van der Waals surface area contributed by atoms with Crippen LogP contribution < -0.4 is 0 Å². The Hall–Kier alpha value is -2.06. The van der Waals surface area contributed by atoms with E-state index in [4.69, 9.17) is 0 Å². The number of hydrogen-bond acceptors (Lipinski definition) is 0. The average Bonchev–Trinajstić information content (AvgIpc) is 3.05. The lowest BCUT2D eigenvalue weighted by molar-refractivity contribution is 1.27. The number of fused-ring (bicyclic) bond motifs is 7. The van der Waals surface area contributed by atoms with Crippen LogP contribution in [0.1, 0.15) is 11.1 Å². The molecule has 1 aliphatic carbocycles. The molecule has 1 nitrogen and oxygen atoms in total. The number of benzene rings is 3. The molecule has 1 N–H and O–H groups in total. The van der Waals surface area contributed by atoms with Crippen molar-refractivity contribution < 1.29 is 0 Å². The smallest absolute Gasteiger partial charge is 0.0609 e. The van der Waals surface area contributed by atoms with Crippen LogP contribution in [-0.4, -0.2) is 4.98 Å². The Kier molecular flexibility index (Phi) is 2.20. The van der Waals surface area contributed by atoms with Gasteiger partial charge in [-0.3, -0.25) is 0 Å². The van der Waals surface area contributed by atoms with Crippen molar-refractivity contribution in [3.05, 3.63) is 70.2 Å². The first-order chi connectivity index (χ1) is 10.3. The van der Waals surface area contributed by atoms with Gasteiger partial charge >= 0.3 is 0 Å². The molecule has 0 radical (unpaired) electrons. The zero-order chi connectivity index (χ0) is 14.0. The van der Waals surface area contributed by atoms with Crippen molar-refractivity contribution >= 4 is 37.7 Å². The van der Waals surface area contributed by atoms with Crippen molar-refractivity contribution in [1.82, 2.24) is 4.98 Å². The lowest BCUT2D eigenvalue weighted by Crippen LogP contribution is -1.80. The van der Waals surface area contributed by atoms with Crippen molar-refractivity contribution in [2.45, 2.75) is 6.42 Å². The molecule has 21 heavy (non-hydrogen) atoms. The summed E-state index contributed by atoms with van der Waals surface area (Å²) in [6, 6.07) is 19.6. The summed E-state index contributed by atoms with van der Waals surface area (Å²) in [5, 5.41) is 2.65. The fraction of sp³-hybridized carbons (Fsp3) is 0.0526. The first-order valence-corrected chi connectivity index (χ1v) is 7.92. The molecule has 0 saturated carbocycles. The largest absolute Gasteiger partial charge is 0.354 e. The van der Waals surface area contributed by atoms with Crippen molar-refractivity contribution in [3.8, 4) is 11.1 Å². The number of halogens is 1. The molecular weight excluding hydrogens is 322 g/mol. The molecule has 5 rings (SSSR count). The minimum absolute atomic E-state index is 1.04. The van der Waals surface area contributed by atoms with E-state index in [0.717, 1.165) is 10.9 Å². The van der Waals surface area contributed by atoms with Crippen LogP contribution in [0.4, 0.5) is 0 Å². The normalized spacial score (nSPS) is 12.8. The SMILES string of the molecule is Brc1cccc2c1[nH]c1ccc3c(c12)-c1ccccc1C3. The van der Waals surface area contributed by atoms with E-state index in [1.54, 1.807) is 0 Å². The Morgan fingerprint density at radius 1 is 0.857 bits per heavy atom. The second-order valence-corrected chi connectivity index (χ2v) is 6.50. The van der Waals surface area contributed by atoms with Crippen LogP contribution in [0.5, 0.6) is 0 Å². The minimum atomic E-state index is 1.04. The maximum absolute atomic E-state index is 3.66. The Balaban J connectivity index is 2.03. The zero-order valence-electron chi connectivity index (χ0n) is 11.3. The number of hydrogen-bond donors (Lipinski definition) is 1. The van der Waals surface area contributed by atoms with Crippen molar-refractivity contribution in [2.24, 2.45) is 0 Å². The van der Waals surface area contributed by atoms with Crippen LogP contribution in [-0.2, 0) is 6.42 Å². The molecule has 0 fully saturated rings. The van der Waals surface area contributed by atoms with Gasteiger partial charge < -0.3 is 4.98 Å². The quantitative estimate of drug-likeness (QED) is 0.376. The molecular formula is C19H12BrN. The van der Waals surface area contributed by atoms with Crippen molar-refractivity contribution in [3.63, 3.8) is 0 Å². The van der Waals surface area contributed by atoms with E-state index < -0.39 is 0 Å². The first-order valence-electron chi connectivity index (χ1n) is 7.13. The van der Waals surface area contributed by atoms with Crippen LogP contribution in [0.25, 0.3) is 32.9 Å². The molecule has 3 aromatic carbocycles. The summed E-state index contributed by atoms with van der Waals surface area (Å²) >= 11 is 3.66. The molecule has 1 heterocycles. The van der Waals surface area contributed by atoms with Crippen LogP contribution >= 0.6 is 15.9 Å². The Morgan fingerprint density at radius 2 is 1.76 bits per heavy atom. The lowest BCUT2D eigenvalue weighted by Gasteiger charge is -2.04. The van der Waals surface area contributed by atoms with Gasteiger partial charge in [-0.25, -0.2) is 0 Å². The molecule has 4 aromatic rings. The molecule has 0 bridgehead atoms. The summed E-state index contributed by atoms with van der Waals surface area (Å²) in [7, 11) is 0. The van der Waals surface area contributed by atoms with Gasteiger partial charge in [0.15, 0.2) is 0 Å². The highest BCUT2D eigenvalue weighted by atomic mass is 79.9. The highest BCUT2D eigenvalue weighted by Crippen LogP contribution is 2.44. The van der Waals surface area contributed by atoms with Crippen molar-refractivity contribution in [2.75, 3.05) is 0 Å². The van der Waals surface area contributed by atoms with Gasteiger partial charge in [-0.2, -0.15) is 0 Å². The third-order valence-corrected chi connectivity index (χ3v) is 5.16. The maximum Gasteiger partial charge on any atom is 0.0609 e. The number of rotatable bonds is 0. The predicted molar refractivity (Wildman–Crippen MR) is 91.7 cm³/mol. The van der Waals surface area contributed by atoms with Gasteiger partial charge in [-0.1, -0.05) is 42.5 Å². The second kappa shape index (κ2) is 3.99. The number of H-pyrrole nitrogens is 1. The third kappa shape index (κ3) is 1.46. The highest BCUT2D eigenvalue weighted by Gasteiger charge is 2.22. The van der Waals surface area contributed by atoms with Crippen molar-refractivity contribution in [1.29, 1.82) is 0 Å². The third-order valence-electron chi connectivity index (χ3n) is 4.50. The molecule has 0 unspecified atom stereocenters. The number of nitrogens with one attached hydrogen (secondary N) is 1. The topological polar surface area (TPSA) is 15.8 Å². The average molecular weight is 334 g/mol. The minimum Gasteiger partial charge on any atom is -0.354 e. The van der Waals surface area contributed by atoms with Gasteiger partial charge in [0.05, 0.1) is 5.52 Å². The van der Waals surface area contributed by atoms with Crippen LogP contribution in [0.15, 0.2) is 59.1 Å². The number of para-hydroxylation sites is 1. The van der Waals surface area contributed by atoms with E-state index in [1.807, 2.05) is 0 Å². The van der Waals surface area contributed by atoms with Gasteiger partial charge in [0, 0.05) is 20.8 Å². The first kappa shape index (κ1) is 11.6. The molecule has 2 heteroatoms. The van der Waals surface area contributed by atoms with E-state index in [2.05, 4.69) is 75.5 Å². The second-order valence-electron chi connectivity index (χ2n) is 5.64. The van der Waals surface area contributed by atoms with Gasteiger partial charge in [-0.15, -0.1) is 0 Å². The molecule has 1 aliphatic rings. The van der Waals surface area contributed by atoms with E-state index in [0.29, 0.717) is 0 Å². The van der Waals surface area contributed by atoms with E-state index in [9.17, 15) is 0 Å². The zero-order valence-corrected chi connectivity index (χ0v) is 12.9. The van der Waals surface area contributed by atoms with Gasteiger partial charge in [0.25, 0.3) is 0 Å². The van der Waals surface area contributed by atoms with Crippen LogP contribution in [0.2, 0.25) is 0 Å². The fourth-order valence-electron chi connectivity index (χ4n) is 3.60. The molecule has 1 aromatic heterocycles. The molecule has 100 valence electrons. The van der Waals surface area contributed by atoms with Gasteiger partial charge in [0.2, 0.25) is 0 Å². The molecule has 0 spiro atoms. The summed E-state index contributed by atoms with van der Waals surface area (Å²) in [5.74, 6) is 0. The Morgan fingerprint density at radius 3 is 2.71 bits per heavy atom. The Bertz CT molecular complexity index is 1030. The summed E-state index contributed by atoms with van der Waals surface area (Å²) in [4.78, 5) is 3.56. The summed E-state index contributed by atoms with van der Waals surface area (Å²) in [5.41, 5.74) is 8.07. The Labute approximate surface area is 130 Å². The van der Waals surface area contributed by atoms with Gasteiger partial charge in [-0.05, 0) is 56.7 Å². The summed E-state index contributed by atoms with van der Waals surface area (Å²) in [6.07, 6.45) is 1.04. The number of aromatic amines is 1. The fourth-order valence-corrected chi connectivity index (χ4v) is 4.07. The van der Waals surface area contributed by atoms with E-state index in [-0.39, 0.29) is 0 Å².